The van der Waals surface area contributed by atoms with Gasteiger partial charge >= 0.3 is 5.69 Å². The minimum absolute atomic E-state index is 0.273. The molecule has 0 radical (unpaired) electrons. The fraction of sp³-hybridized carbons (Fsp3) is 0.0556. The molecule has 134 valence electrons. The summed E-state index contributed by atoms with van der Waals surface area (Å²) in [7, 11) is 1.49. The number of aromatic amines is 4. The van der Waals surface area contributed by atoms with Crippen LogP contribution in [0.5, 0.6) is 5.75 Å². The zero-order valence-electron chi connectivity index (χ0n) is 14.1. The van der Waals surface area contributed by atoms with E-state index in [9.17, 15) is 9.18 Å². The number of H-pyrrole nitrogens is 4. The predicted octanol–water partition coefficient (Wildman–Crippen LogP) is 2.94. The van der Waals surface area contributed by atoms with E-state index in [1.165, 1.54) is 13.2 Å². The molecular weight excluding hydrogens is 351 g/mol. The van der Waals surface area contributed by atoms with Crippen molar-refractivity contribution in [3.05, 3.63) is 52.8 Å². The van der Waals surface area contributed by atoms with Crippen molar-refractivity contribution in [3.63, 3.8) is 0 Å². The van der Waals surface area contributed by atoms with Gasteiger partial charge in [-0.2, -0.15) is 5.10 Å². The number of imidazole rings is 2. The number of aromatic nitrogens is 6. The SMILES string of the molecule is COc1ccc(-c2[nH]ncc2-c2nc3cc4[nH]c(=O)[nH]c4cc3[nH]2)c(F)c1. The molecule has 0 unspecified atom stereocenters. The van der Waals surface area contributed by atoms with Gasteiger partial charge in [-0.05, 0) is 24.3 Å². The number of halogens is 1. The van der Waals surface area contributed by atoms with Gasteiger partial charge in [-0.25, -0.2) is 14.2 Å². The highest BCUT2D eigenvalue weighted by Gasteiger charge is 2.17. The highest BCUT2D eigenvalue weighted by molar-refractivity contribution is 5.93. The van der Waals surface area contributed by atoms with Crippen molar-refractivity contribution in [1.29, 1.82) is 0 Å². The largest absolute Gasteiger partial charge is 0.497 e. The zero-order chi connectivity index (χ0) is 18.5. The van der Waals surface area contributed by atoms with Crippen molar-refractivity contribution in [3.8, 4) is 28.4 Å². The van der Waals surface area contributed by atoms with E-state index in [-0.39, 0.29) is 5.69 Å². The van der Waals surface area contributed by atoms with Crippen LogP contribution in [0.1, 0.15) is 0 Å². The molecule has 0 bridgehead atoms. The Balaban J connectivity index is 1.65. The van der Waals surface area contributed by atoms with Crippen LogP contribution in [0.4, 0.5) is 4.39 Å². The van der Waals surface area contributed by atoms with Gasteiger partial charge in [0.05, 0.1) is 46.6 Å². The molecule has 5 rings (SSSR count). The number of rotatable bonds is 3. The van der Waals surface area contributed by atoms with E-state index in [2.05, 4.69) is 30.1 Å². The second-order valence-corrected chi connectivity index (χ2v) is 6.08. The first-order valence-corrected chi connectivity index (χ1v) is 8.12. The average molecular weight is 364 g/mol. The van der Waals surface area contributed by atoms with Crippen LogP contribution in [0.3, 0.4) is 0 Å². The first kappa shape index (κ1) is 15.4. The second-order valence-electron chi connectivity index (χ2n) is 6.08. The summed E-state index contributed by atoms with van der Waals surface area (Å²) in [5.74, 6) is 0.547. The van der Waals surface area contributed by atoms with Crippen molar-refractivity contribution < 1.29 is 9.13 Å². The van der Waals surface area contributed by atoms with Crippen LogP contribution in [-0.4, -0.2) is 37.2 Å². The molecule has 2 aromatic carbocycles. The summed E-state index contributed by atoms with van der Waals surface area (Å²) in [5, 5.41) is 6.88. The van der Waals surface area contributed by atoms with Crippen LogP contribution in [0.25, 0.3) is 44.7 Å². The van der Waals surface area contributed by atoms with Crippen LogP contribution >= 0.6 is 0 Å². The monoisotopic (exact) mass is 364 g/mol. The van der Waals surface area contributed by atoms with Crippen molar-refractivity contribution in [2.24, 2.45) is 0 Å². The van der Waals surface area contributed by atoms with E-state index < -0.39 is 5.82 Å². The Morgan fingerprint density at radius 3 is 2.59 bits per heavy atom. The highest BCUT2D eigenvalue weighted by atomic mass is 19.1. The smallest absolute Gasteiger partial charge is 0.323 e. The molecule has 8 nitrogen and oxygen atoms in total. The number of nitrogens with zero attached hydrogens (tertiary/aromatic N) is 2. The molecule has 3 heterocycles. The number of nitrogens with one attached hydrogen (secondary N) is 4. The summed E-state index contributed by atoms with van der Waals surface area (Å²) in [6, 6.07) is 8.20. The Morgan fingerprint density at radius 2 is 1.81 bits per heavy atom. The minimum atomic E-state index is -0.429. The fourth-order valence-electron chi connectivity index (χ4n) is 3.16. The Labute approximate surface area is 150 Å². The van der Waals surface area contributed by atoms with Gasteiger partial charge in [-0.3, -0.25) is 5.10 Å². The second kappa shape index (κ2) is 5.56. The van der Waals surface area contributed by atoms with Crippen LogP contribution < -0.4 is 10.4 Å². The average Bonchev–Trinajstić information content (AvgIpc) is 3.35. The third kappa shape index (κ3) is 2.40. The maximum Gasteiger partial charge on any atom is 0.323 e. The lowest BCUT2D eigenvalue weighted by Gasteiger charge is -2.05. The molecule has 4 N–H and O–H groups in total. The molecule has 9 heteroatoms. The maximum atomic E-state index is 14.5. The van der Waals surface area contributed by atoms with Gasteiger partial charge in [0, 0.05) is 11.6 Å². The predicted molar refractivity (Wildman–Crippen MR) is 98.1 cm³/mol. The van der Waals surface area contributed by atoms with Crippen LogP contribution in [0, 0.1) is 5.82 Å². The summed E-state index contributed by atoms with van der Waals surface area (Å²) in [6.45, 7) is 0. The van der Waals surface area contributed by atoms with Gasteiger partial charge in [0.25, 0.3) is 0 Å². The summed E-state index contributed by atoms with van der Waals surface area (Å²) in [6.07, 6.45) is 1.59. The third-order valence-electron chi connectivity index (χ3n) is 4.46. The molecule has 0 aliphatic carbocycles. The number of ether oxygens (including phenoxy) is 1. The Kier molecular flexibility index (Phi) is 3.17. The molecular formula is C18H13FN6O2. The minimum Gasteiger partial charge on any atom is -0.497 e. The molecule has 0 fully saturated rings. The van der Waals surface area contributed by atoms with Gasteiger partial charge in [0.2, 0.25) is 0 Å². The number of hydrogen-bond acceptors (Lipinski definition) is 4. The third-order valence-corrected chi connectivity index (χ3v) is 4.46. The maximum absolute atomic E-state index is 14.5. The van der Waals surface area contributed by atoms with E-state index in [4.69, 9.17) is 4.74 Å². The first-order valence-electron chi connectivity index (χ1n) is 8.12. The molecule has 27 heavy (non-hydrogen) atoms. The quantitative estimate of drug-likeness (QED) is 0.394. The molecule has 0 amide bonds. The van der Waals surface area contributed by atoms with Crippen molar-refractivity contribution in [2.75, 3.05) is 7.11 Å². The van der Waals surface area contributed by atoms with Gasteiger partial charge in [-0.1, -0.05) is 0 Å². The van der Waals surface area contributed by atoms with Crippen LogP contribution in [-0.2, 0) is 0 Å². The highest BCUT2D eigenvalue weighted by Crippen LogP contribution is 2.33. The van der Waals surface area contributed by atoms with Gasteiger partial charge < -0.3 is 19.7 Å². The van der Waals surface area contributed by atoms with E-state index >= 15 is 0 Å². The van der Waals surface area contributed by atoms with E-state index in [1.54, 1.807) is 30.5 Å². The Morgan fingerprint density at radius 1 is 1.00 bits per heavy atom. The number of methoxy groups -OCH3 is 1. The lowest BCUT2D eigenvalue weighted by atomic mass is 10.1. The molecule has 0 saturated carbocycles. The van der Waals surface area contributed by atoms with E-state index in [0.717, 1.165) is 5.52 Å². The number of benzene rings is 2. The molecule has 5 aromatic rings. The fourth-order valence-corrected chi connectivity index (χ4v) is 3.16. The number of hydrogen-bond donors (Lipinski definition) is 4. The van der Waals surface area contributed by atoms with Gasteiger partial charge in [0.15, 0.2) is 0 Å². The summed E-state index contributed by atoms with van der Waals surface area (Å²) >= 11 is 0. The van der Waals surface area contributed by atoms with Gasteiger partial charge in [0.1, 0.15) is 17.4 Å². The Bertz CT molecular complexity index is 1310. The molecule has 0 saturated heterocycles. The zero-order valence-corrected chi connectivity index (χ0v) is 14.1. The normalized spacial score (nSPS) is 11.5. The standard InChI is InChI=1S/C18H13FN6O2/c1-27-8-2-3-9(11(19)4-8)16-10(7-20-25-16)17-21-12-5-14-15(6-13(12)22-17)24-18(26)23-14/h2-7H,1H3,(H,20,25)(H,21,22)(H2,23,24,26). The summed E-state index contributed by atoms with van der Waals surface area (Å²) < 4.78 is 19.5. The van der Waals surface area contributed by atoms with Crippen molar-refractivity contribution in [1.82, 2.24) is 30.1 Å². The summed E-state index contributed by atoms with van der Waals surface area (Å²) in [5.41, 5.74) is 3.99. The number of fused-ring (bicyclic) bond motifs is 2. The van der Waals surface area contributed by atoms with E-state index in [1.807, 2.05) is 0 Å². The molecule has 3 aromatic heterocycles. The molecule has 0 spiro atoms. The van der Waals surface area contributed by atoms with Crippen LogP contribution in [0.15, 0.2) is 41.3 Å². The molecule has 0 atom stereocenters. The first-order chi connectivity index (χ1) is 13.1. The summed E-state index contributed by atoms with van der Waals surface area (Å²) in [4.78, 5) is 24.6. The van der Waals surface area contributed by atoms with Crippen molar-refractivity contribution >= 4 is 22.1 Å². The van der Waals surface area contributed by atoms with E-state index in [0.29, 0.717) is 44.9 Å². The molecule has 0 aliphatic rings. The Hall–Kier alpha value is -3.88. The van der Waals surface area contributed by atoms with Crippen LogP contribution in [0.2, 0.25) is 0 Å². The lowest BCUT2D eigenvalue weighted by Crippen LogP contribution is -1.99. The topological polar surface area (TPSA) is 115 Å². The molecule has 0 aliphatic heterocycles. The van der Waals surface area contributed by atoms with Gasteiger partial charge in [-0.15, -0.1) is 0 Å². The van der Waals surface area contributed by atoms with Crippen molar-refractivity contribution in [2.45, 2.75) is 0 Å². The lowest BCUT2D eigenvalue weighted by molar-refractivity contribution is 0.411.